The van der Waals surface area contributed by atoms with Crippen molar-refractivity contribution >= 4 is 12.1 Å². The fourth-order valence-corrected chi connectivity index (χ4v) is 2.10. The van der Waals surface area contributed by atoms with Gasteiger partial charge in [-0.05, 0) is 49.2 Å². The second kappa shape index (κ2) is 7.50. The number of carbonyl (C=O) groups is 1. The highest BCUT2D eigenvalue weighted by Crippen LogP contribution is 2.36. The minimum Gasteiger partial charge on any atom is -0.502 e. The average molecular weight is 328 g/mol. The number of hydrazone groups is 1. The van der Waals surface area contributed by atoms with E-state index in [9.17, 15) is 9.90 Å². The first-order valence-corrected chi connectivity index (χ1v) is 7.32. The standard InChI is InChI=1S/C18H20N2O4/c1-11-5-6-14(7-12(11)2)18(22)20-19-10-13-8-15(23-3)17(21)16(9-13)24-4/h5-10,21H,1-4H3,(H,20,22)/b19-10+. The first-order chi connectivity index (χ1) is 11.5. The Kier molecular flexibility index (Phi) is 5.42. The van der Waals surface area contributed by atoms with Gasteiger partial charge < -0.3 is 14.6 Å². The van der Waals surface area contributed by atoms with Crippen LogP contribution in [0, 0.1) is 13.8 Å². The number of amides is 1. The number of hydrogen-bond donors (Lipinski definition) is 2. The summed E-state index contributed by atoms with van der Waals surface area (Å²) in [6.07, 6.45) is 1.45. The summed E-state index contributed by atoms with van der Waals surface area (Å²) in [4.78, 5) is 12.1. The molecule has 0 atom stereocenters. The molecule has 126 valence electrons. The van der Waals surface area contributed by atoms with Crippen molar-refractivity contribution in [3.63, 3.8) is 0 Å². The monoisotopic (exact) mass is 328 g/mol. The number of rotatable bonds is 5. The van der Waals surface area contributed by atoms with Crippen LogP contribution < -0.4 is 14.9 Å². The maximum absolute atomic E-state index is 12.1. The molecule has 6 heteroatoms. The summed E-state index contributed by atoms with van der Waals surface area (Å²) in [6.45, 7) is 3.94. The van der Waals surface area contributed by atoms with Crippen molar-refractivity contribution in [1.29, 1.82) is 0 Å². The van der Waals surface area contributed by atoms with Gasteiger partial charge in [0.1, 0.15) is 0 Å². The van der Waals surface area contributed by atoms with E-state index < -0.39 is 0 Å². The zero-order chi connectivity index (χ0) is 17.7. The topological polar surface area (TPSA) is 80.2 Å². The van der Waals surface area contributed by atoms with E-state index in [0.29, 0.717) is 11.1 Å². The number of phenols is 1. The van der Waals surface area contributed by atoms with E-state index in [1.165, 1.54) is 20.4 Å². The lowest BCUT2D eigenvalue weighted by molar-refractivity contribution is 0.0955. The number of aromatic hydroxyl groups is 1. The summed E-state index contributed by atoms with van der Waals surface area (Å²) >= 11 is 0. The molecule has 1 amide bonds. The number of carbonyl (C=O) groups excluding carboxylic acids is 1. The molecule has 2 aromatic rings. The van der Waals surface area contributed by atoms with E-state index in [0.717, 1.165) is 11.1 Å². The van der Waals surface area contributed by atoms with Crippen LogP contribution in [0.2, 0.25) is 0 Å². The smallest absolute Gasteiger partial charge is 0.271 e. The Morgan fingerprint density at radius 2 is 1.71 bits per heavy atom. The van der Waals surface area contributed by atoms with Crippen molar-refractivity contribution in [3.8, 4) is 17.2 Å². The molecular weight excluding hydrogens is 308 g/mol. The van der Waals surface area contributed by atoms with Gasteiger partial charge in [0.05, 0.1) is 20.4 Å². The minimum absolute atomic E-state index is 0.0867. The Balaban J connectivity index is 2.13. The number of nitrogens with zero attached hydrogens (tertiary/aromatic N) is 1. The lowest BCUT2D eigenvalue weighted by atomic mass is 10.1. The van der Waals surface area contributed by atoms with Crippen molar-refractivity contribution in [2.45, 2.75) is 13.8 Å². The number of nitrogens with one attached hydrogen (secondary N) is 1. The van der Waals surface area contributed by atoms with Crippen LogP contribution in [0.3, 0.4) is 0 Å². The maximum Gasteiger partial charge on any atom is 0.271 e. The molecule has 0 aliphatic rings. The van der Waals surface area contributed by atoms with Crippen molar-refractivity contribution in [2.24, 2.45) is 5.10 Å². The Bertz CT molecular complexity index is 760. The van der Waals surface area contributed by atoms with Gasteiger partial charge in [-0.1, -0.05) is 6.07 Å². The van der Waals surface area contributed by atoms with Gasteiger partial charge in [-0.2, -0.15) is 5.10 Å². The Morgan fingerprint density at radius 1 is 1.08 bits per heavy atom. The van der Waals surface area contributed by atoms with Crippen molar-refractivity contribution in [1.82, 2.24) is 5.43 Å². The number of phenolic OH excluding ortho intramolecular Hbond substituents is 1. The summed E-state index contributed by atoms with van der Waals surface area (Å²) in [5.74, 6) is 0.135. The van der Waals surface area contributed by atoms with E-state index in [1.807, 2.05) is 26.0 Å². The number of methoxy groups -OCH3 is 2. The van der Waals surface area contributed by atoms with Crippen LogP contribution >= 0.6 is 0 Å². The largest absolute Gasteiger partial charge is 0.502 e. The average Bonchev–Trinajstić information content (AvgIpc) is 2.58. The van der Waals surface area contributed by atoms with Gasteiger partial charge in [0.25, 0.3) is 5.91 Å². The third-order valence-corrected chi connectivity index (χ3v) is 3.65. The molecule has 0 bridgehead atoms. The fourth-order valence-electron chi connectivity index (χ4n) is 2.10. The van der Waals surface area contributed by atoms with Crippen LogP contribution in [0.4, 0.5) is 0 Å². The highest BCUT2D eigenvalue weighted by atomic mass is 16.5. The molecule has 0 aliphatic heterocycles. The second-order valence-corrected chi connectivity index (χ2v) is 5.27. The Morgan fingerprint density at radius 3 is 2.25 bits per heavy atom. The molecule has 0 saturated carbocycles. The number of benzene rings is 2. The SMILES string of the molecule is COc1cc(/C=N/NC(=O)c2ccc(C)c(C)c2)cc(OC)c1O. The zero-order valence-corrected chi connectivity index (χ0v) is 14.1. The van der Waals surface area contributed by atoms with Gasteiger partial charge in [-0.15, -0.1) is 0 Å². The summed E-state index contributed by atoms with van der Waals surface area (Å²) in [5, 5.41) is 13.8. The maximum atomic E-state index is 12.1. The quantitative estimate of drug-likeness (QED) is 0.653. The molecule has 0 fully saturated rings. The number of ether oxygens (including phenoxy) is 2. The van der Waals surface area contributed by atoms with E-state index in [1.54, 1.807) is 18.2 Å². The summed E-state index contributed by atoms with van der Waals surface area (Å²) in [6, 6.07) is 8.63. The van der Waals surface area contributed by atoms with Crippen LogP contribution in [0.1, 0.15) is 27.0 Å². The zero-order valence-electron chi connectivity index (χ0n) is 14.1. The fraction of sp³-hybridized carbons (Fsp3) is 0.222. The van der Waals surface area contributed by atoms with Crippen LogP contribution in [0.15, 0.2) is 35.4 Å². The predicted octanol–water partition coefficient (Wildman–Crippen LogP) is 2.79. The Labute approximate surface area is 140 Å². The van der Waals surface area contributed by atoms with Crippen LogP contribution in [0.5, 0.6) is 17.2 Å². The molecule has 0 aromatic heterocycles. The molecule has 0 radical (unpaired) electrons. The molecule has 0 unspecified atom stereocenters. The van der Waals surface area contributed by atoms with E-state index in [-0.39, 0.29) is 23.2 Å². The first kappa shape index (κ1) is 17.3. The van der Waals surface area contributed by atoms with Crippen molar-refractivity contribution in [3.05, 3.63) is 52.6 Å². The Hall–Kier alpha value is -3.02. The van der Waals surface area contributed by atoms with E-state index in [4.69, 9.17) is 9.47 Å². The van der Waals surface area contributed by atoms with E-state index >= 15 is 0 Å². The third kappa shape index (κ3) is 3.84. The summed E-state index contributed by atoms with van der Waals surface area (Å²) < 4.78 is 10.1. The molecule has 2 N–H and O–H groups in total. The molecule has 2 rings (SSSR count). The molecule has 24 heavy (non-hydrogen) atoms. The van der Waals surface area contributed by atoms with Gasteiger partial charge >= 0.3 is 0 Å². The van der Waals surface area contributed by atoms with E-state index in [2.05, 4.69) is 10.5 Å². The molecule has 0 saturated heterocycles. The first-order valence-electron chi connectivity index (χ1n) is 7.32. The highest BCUT2D eigenvalue weighted by molar-refractivity contribution is 5.95. The normalized spacial score (nSPS) is 10.7. The minimum atomic E-state index is -0.299. The summed E-state index contributed by atoms with van der Waals surface area (Å²) in [5.41, 5.74) is 5.79. The molecule has 0 heterocycles. The predicted molar refractivity (Wildman–Crippen MR) is 92.2 cm³/mol. The third-order valence-electron chi connectivity index (χ3n) is 3.65. The van der Waals surface area contributed by atoms with Crippen molar-refractivity contribution < 1.29 is 19.4 Å². The molecule has 0 spiro atoms. The van der Waals surface area contributed by atoms with Crippen LogP contribution in [-0.2, 0) is 0 Å². The number of aryl methyl sites for hydroxylation is 2. The second-order valence-electron chi connectivity index (χ2n) is 5.27. The van der Waals surface area contributed by atoms with Gasteiger partial charge in [-0.3, -0.25) is 4.79 Å². The molecule has 6 nitrogen and oxygen atoms in total. The lowest BCUT2D eigenvalue weighted by Crippen LogP contribution is -2.17. The number of hydrogen-bond acceptors (Lipinski definition) is 5. The highest BCUT2D eigenvalue weighted by Gasteiger charge is 2.10. The van der Waals surface area contributed by atoms with Gasteiger partial charge in [0.2, 0.25) is 5.75 Å². The molecular formula is C18H20N2O4. The van der Waals surface area contributed by atoms with Crippen molar-refractivity contribution in [2.75, 3.05) is 14.2 Å². The van der Waals surface area contributed by atoms with Crippen LogP contribution in [0.25, 0.3) is 0 Å². The van der Waals surface area contributed by atoms with Crippen LogP contribution in [-0.4, -0.2) is 31.4 Å². The summed E-state index contributed by atoms with van der Waals surface area (Å²) in [7, 11) is 2.88. The van der Waals surface area contributed by atoms with Gasteiger partial charge in [-0.25, -0.2) is 5.43 Å². The van der Waals surface area contributed by atoms with Gasteiger partial charge in [0.15, 0.2) is 11.5 Å². The van der Waals surface area contributed by atoms with Gasteiger partial charge in [0, 0.05) is 11.1 Å². The molecule has 2 aromatic carbocycles. The lowest BCUT2D eigenvalue weighted by Gasteiger charge is -2.09. The molecule has 0 aliphatic carbocycles.